The Morgan fingerprint density at radius 2 is 1.55 bits per heavy atom. The van der Waals surface area contributed by atoms with E-state index in [9.17, 15) is 4.79 Å². The van der Waals surface area contributed by atoms with Crippen LogP contribution in [0.5, 0.6) is 0 Å². The molecular weight excluding hydrogens is 272 g/mol. The van der Waals surface area contributed by atoms with E-state index in [2.05, 4.69) is 0 Å². The molecule has 0 amide bonds. The Labute approximate surface area is 130 Å². The lowest BCUT2D eigenvalue weighted by atomic mass is 9.96. The third-order valence-corrected chi connectivity index (χ3v) is 3.75. The molecule has 2 aromatic rings. The van der Waals surface area contributed by atoms with Crippen LogP contribution in [-0.4, -0.2) is 11.4 Å². The molecule has 1 aliphatic rings. The SMILES string of the molecule is CC1(C)OC(c2ccccc2)=C/C1=C/C(=O)c1ccccc1. The molecule has 22 heavy (non-hydrogen) atoms. The topological polar surface area (TPSA) is 26.3 Å². The van der Waals surface area contributed by atoms with Crippen molar-refractivity contribution in [1.29, 1.82) is 0 Å². The van der Waals surface area contributed by atoms with Crippen molar-refractivity contribution in [3.63, 3.8) is 0 Å². The summed E-state index contributed by atoms with van der Waals surface area (Å²) in [4.78, 5) is 12.4. The maximum atomic E-state index is 12.4. The molecule has 0 fully saturated rings. The van der Waals surface area contributed by atoms with E-state index in [-0.39, 0.29) is 5.78 Å². The Kier molecular flexibility index (Phi) is 3.68. The summed E-state index contributed by atoms with van der Waals surface area (Å²) in [5.74, 6) is 0.801. The summed E-state index contributed by atoms with van der Waals surface area (Å²) in [5, 5.41) is 0. The van der Waals surface area contributed by atoms with Crippen molar-refractivity contribution in [1.82, 2.24) is 0 Å². The molecule has 2 heteroatoms. The molecule has 110 valence electrons. The molecule has 0 aliphatic carbocycles. The first-order valence-electron chi connectivity index (χ1n) is 7.34. The molecule has 0 radical (unpaired) electrons. The summed E-state index contributed by atoms with van der Waals surface area (Å²) < 4.78 is 6.02. The van der Waals surface area contributed by atoms with Crippen LogP contribution < -0.4 is 0 Å². The Balaban J connectivity index is 1.94. The number of carbonyl (C=O) groups excluding carboxylic acids is 1. The van der Waals surface area contributed by atoms with Gasteiger partial charge >= 0.3 is 0 Å². The van der Waals surface area contributed by atoms with Gasteiger partial charge in [-0.25, -0.2) is 0 Å². The van der Waals surface area contributed by atoms with Crippen molar-refractivity contribution >= 4 is 11.5 Å². The van der Waals surface area contributed by atoms with Crippen LogP contribution in [0.15, 0.2) is 78.4 Å². The van der Waals surface area contributed by atoms with Gasteiger partial charge in [-0.3, -0.25) is 4.79 Å². The lowest BCUT2D eigenvalue weighted by molar-refractivity contribution is 0.103. The van der Waals surface area contributed by atoms with E-state index in [0.29, 0.717) is 5.56 Å². The number of ketones is 1. The second-order valence-corrected chi connectivity index (χ2v) is 5.82. The van der Waals surface area contributed by atoms with Crippen molar-refractivity contribution < 1.29 is 9.53 Å². The van der Waals surface area contributed by atoms with E-state index in [1.165, 1.54) is 0 Å². The molecule has 1 heterocycles. The molecule has 0 spiro atoms. The lowest BCUT2D eigenvalue weighted by Gasteiger charge is -2.21. The van der Waals surface area contributed by atoms with Gasteiger partial charge in [-0.15, -0.1) is 0 Å². The maximum Gasteiger partial charge on any atom is 0.186 e. The highest BCUT2D eigenvalue weighted by Gasteiger charge is 2.32. The van der Waals surface area contributed by atoms with Gasteiger partial charge in [0, 0.05) is 16.7 Å². The summed E-state index contributed by atoms with van der Waals surface area (Å²) in [6.07, 6.45) is 3.63. The number of allylic oxidation sites excluding steroid dienone is 1. The predicted molar refractivity (Wildman–Crippen MR) is 88.4 cm³/mol. The maximum absolute atomic E-state index is 12.4. The number of carbonyl (C=O) groups is 1. The van der Waals surface area contributed by atoms with E-state index in [1.807, 2.05) is 80.6 Å². The summed E-state index contributed by atoms with van der Waals surface area (Å²) >= 11 is 0. The van der Waals surface area contributed by atoms with E-state index >= 15 is 0 Å². The number of hydrogen-bond donors (Lipinski definition) is 0. The molecule has 2 aromatic carbocycles. The van der Waals surface area contributed by atoms with Crippen LogP contribution in [0.2, 0.25) is 0 Å². The van der Waals surface area contributed by atoms with Gasteiger partial charge in [0.15, 0.2) is 5.78 Å². The van der Waals surface area contributed by atoms with Crippen molar-refractivity contribution in [3.05, 3.63) is 89.5 Å². The highest BCUT2D eigenvalue weighted by atomic mass is 16.5. The minimum atomic E-state index is -0.504. The van der Waals surface area contributed by atoms with Gasteiger partial charge in [-0.05, 0) is 26.0 Å². The van der Waals surface area contributed by atoms with Gasteiger partial charge < -0.3 is 4.74 Å². The van der Waals surface area contributed by atoms with Crippen LogP contribution in [0.25, 0.3) is 5.76 Å². The van der Waals surface area contributed by atoms with Gasteiger partial charge in [-0.2, -0.15) is 0 Å². The normalized spacial score (nSPS) is 17.9. The first-order chi connectivity index (χ1) is 10.6. The highest BCUT2D eigenvalue weighted by molar-refractivity contribution is 6.05. The molecule has 0 bridgehead atoms. The quantitative estimate of drug-likeness (QED) is 0.608. The highest BCUT2D eigenvalue weighted by Crippen LogP contribution is 2.37. The molecule has 2 nitrogen and oxygen atoms in total. The summed E-state index contributed by atoms with van der Waals surface area (Å²) in [6, 6.07) is 19.2. The van der Waals surface area contributed by atoms with Crippen molar-refractivity contribution in [2.24, 2.45) is 0 Å². The van der Waals surface area contributed by atoms with E-state index in [0.717, 1.165) is 16.9 Å². The Morgan fingerprint density at radius 3 is 2.18 bits per heavy atom. The van der Waals surface area contributed by atoms with Crippen LogP contribution >= 0.6 is 0 Å². The number of rotatable bonds is 3. The van der Waals surface area contributed by atoms with E-state index in [1.54, 1.807) is 6.08 Å². The Hall–Kier alpha value is -2.61. The molecule has 0 N–H and O–H groups in total. The van der Waals surface area contributed by atoms with Gasteiger partial charge in [0.1, 0.15) is 11.4 Å². The minimum Gasteiger partial charge on any atom is -0.483 e. The molecule has 0 aromatic heterocycles. The Bertz CT molecular complexity index is 738. The van der Waals surface area contributed by atoms with Gasteiger partial charge in [0.25, 0.3) is 0 Å². The second kappa shape index (κ2) is 5.64. The van der Waals surface area contributed by atoms with Crippen LogP contribution in [-0.2, 0) is 4.74 Å². The summed E-state index contributed by atoms with van der Waals surface area (Å²) in [6.45, 7) is 3.95. The van der Waals surface area contributed by atoms with Crippen LogP contribution in [0.4, 0.5) is 0 Å². The number of benzene rings is 2. The molecule has 1 aliphatic heterocycles. The molecular formula is C20H18O2. The molecule has 0 saturated heterocycles. The van der Waals surface area contributed by atoms with Crippen molar-refractivity contribution in [3.8, 4) is 0 Å². The monoisotopic (exact) mass is 290 g/mol. The zero-order valence-corrected chi connectivity index (χ0v) is 12.7. The van der Waals surface area contributed by atoms with Crippen LogP contribution in [0.1, 0.15) is 29.8 Å². The molecule has 3 rings (SSSR count). The summed E-state index contributed by atoms with van der Waals surface area (Å²) in [5.41, 5.74) is 2.09. The van der Waals surface area contributed by atoms with E-state index in [4.69, 9.17) is 4.74 Å². The average Bonchev–Trinajstić information content (AvgIpc) is 2.84. The summed E-state index contributed by atoms with van der Waals surface area (Å²) in [7, 11) is 0. The number of ether oxygens (including phenoxy) is 1. The largest absolute Gasteiger partial charge is 0.483 e. The van der Waals surface area contributed by atoms with Crippen molar-refractivity contribution in [2.75, 3.05) is 0 Å². The number of hydrogen-bond acceptors (Lipinski definition) is 2. The van der Waals surface area contributed by atoms with Gasteiger partial charge in [0.05, 0.1) is 0 Å². The zero-order chi connectivity index (χ0) is 15.6. The fraction of sp³-hybridized carbons (Fsp3) is 0.150. The first-order valence-corrected chi connectivity index (χ1v) is 7.34. The fourth-order valence-electron chi connectivity index (χ4n) is 2.47. The van der Waals surface area contributed by atoms with Crippen molar-refractivity contribution in [2.45, 2.75) is 19.4 Å². The molecule has 0 unspecified atom stereocenters. The Morgan fingerprint density at radius 1 is 0.955 bits per heavy atom. The first kappa shape index (κ1) is 14.3. The zero-order valence-electron chi connectivity index (χ0n) is 12.7. The standard InChI is InChI=1S/C20H18O2/c1-20(2)17(13-18(21)15-9-5-3-6-10-15)14-19(22-20)16-11-7-4-8-12-16/h3-14H,1-2H3/b17-13-. The van der Waals surface area contributed by atoms with Crippen LogP contribution in [0, 0.1) is 0 Å². The molecule has 0 saturated carbocycles. The molecule has 0 atom stereocenters. The minimum absolute atomic E-state index is 0.00200. The second-order valence-electron chi connectivity index (χ2n) is 5.82. The van der Waals surface area contributed by atoms with Crippen LogP contribution in [0.3, 0.4) is 0 Å². The van der Waals surface area contributed by atoms with Gasteiger partial charge in [-0.1, -0.05) is 60.7 Å². The predicted octanol–water partition coefficient (Wildman–Crippen LogP) is 4.65. The van der Waals surface area contributed by atoms with E-state index < -0.39 is 5.60 Å². The van der Waals surface area contributed by atoms with Gasteiger partial charge in [0.2, 0.25) is 0 Å². The average molecular weight is 290 g/mol. The smallest absolute Gasteiger partial charge is 0.186 e. The fourth-order valence-corrected chi connectivity index (χ4v) is 2.47. The third-order valence-electron chi connectivity index (χ3n) is 3.75. The lowest BCUT2D eigenvalue weighted by Crippen LogP contribution is -2.21. The third kappa shape index (κ3) is 2.86.